The molecule has 5 heteroatoms. The Labute approximate surface area is 111 Å². The minimum atomic E-state index is 0.0348. The molecule has 0 saturated heterocycles. The van der Waals surface area contributed by atoms with Crippen molar-refractivity contribution in [1.29, 1.82) is 0 Å². The van der Waals surface area contributed by atoms with E-state index in [1.165, 1.54) is 0 Å². The number of aromatic nitrogens is 2. The molecule has 19 heavy (non-hydrogen) atoms. The molecule has 1 aliphatic rings. The van der Waals surface area contributed by atoms with Crippen LogP contribution in [0.4, 0.5) is 0 Å². The summed E-state index contributed by atoms with van der Waals surface area (Å²) in [6.45, 7) is 1.71. The average Bonchev–Trinajstić information content (AvgIpc) is 2.48. The van der Waals surface area contributed by atoms with Crippen LogP contribution in [0.3, 0.4) is 0 Å². The van der Waals surface area contributed by atoms with Gasteiger partial charge in [-0.15, -0.1) is 0 Å². The zero-order chi connectivity index (χ0) is 13.1. The molecule has 0 spiro atoms. The smallest absolute Gasteiger partial charge is 0.227 e. The topological polar surface area (TPSA) is 67.3 Å². The van der Waals surface area contributed by atoms with Gasteiger partial charge in [0, 0.05) is 19.5 Å². The Morgan fingerprint density at radius 3 is 2.84 bits per heavy atom. The maximum absolute atomic E-state index is 9.01. The Hall–Kier alpha value is -1.98. The van der Waals surface area contributed by atoms with E-state index in [0.29, 0.717) is 11.6 Å². The number of ether oxygens (including phenoxy) is 1. The molecule has 3 rings (SSSR count). The molecule has 0 amide bonds. The van der Waals surface area contributed by atoms with E-state index >= 15 is 0 Å². The van der Waals surface area contributed by atoms with Crippen molar-refractivity contribution in [2.45, 2.75) is 19.6 Å². The molecule has 2 aromatic rings. The fraction of sp³-hybridized carbons (Fsp3) is 0.286. The van der Waals surface area contributed by atoms with Gasteiger partial charge in [-0.2, -0.15) is 0 Å². The average molecular weight is 257 g/mol. The van der Waals surface area contributed by atoms with E-state index < -0.39 is 0 Å². The Kier molecular flexibility index (Phi) is 3.39. The third-order valence-electron chi connectivity index (χ3n) is 3.16. The number of hydrogen-bond donors (Lipinski definition) is 2. The number of nitrogens with zero attached hydrogens (tertiary/aromatic N) is 2. The van der Waals surface area contributed by atoms with Crippen LogP contribution in [-0.4, -0.2) is 21.6 Å². The highest BCUT2D eigenvalue weighted by Crippen LogP contribution is 2.26. The summed E-state index contributed by atoms with van der Waals surface area (Å²) in [4.78, 5) is 8.49. The first-order valence-corrected chi connectivity index (χ1v) is 6.28. The maximum atomic E-state index is 9.01. The summed E-state index contributed by atoms with van der Waals surface area (Å²) in [6.07, 6.45) is 2.44. The molecule has 5 nitrogen and oxygen atoms in total. The van der Waals surface area contributed by atoms with Crippen LogP contribution in [0.15, 0.2) is 30.6 Å². The zero-order valence-electron chi connectivity index (χ0n) is 10.5. The molecule has 1 aliphatic heterocycles. The van der Waals surface area contributed by atoms with Crippen molar-refractivity contribution in [2.75, 3.05) is 6.54 Å². The van der Waals surface area contributed by atoms with Crippen molar-refractivity contribution < 1.29 is 9.84 Å². The van der Waals surface area contributed by atoms with Crippen LogP contribution in [0.1, 0.15) is 16.8 Å². The fourth-order valence-corrected chi connectivity index (χ4v) is 2.11. The van der Waals surface area contributed by atoms with Crippen LogP contribution in [0.2, 0.25) is 0 Å². The summed E-state index contributed by atoms with van der Waals surface area (Å²) in [5.41, 5.74) is 2.94. The van der Waals surface area contributed by atoms with Gasteiger partial charge < -0.3 is 15.2 Å². The standard InChI is InChI=1S/C14H15N3O2/c18-8-10-1-3-11(4-2-10)19-14-12-7-15-6-5-13(12)16-9-17-14/h1-4,9,15,18H,5-8H2. The second kappa shape index (κ2) is 5.34. The Morgan fingerprint density at radius 2 is 2.05 bits per heavy atom. The highest BCUT2D eigenvalue weighted by molar-refractivity contribution is 5.36. The van der Waals surface area contributed by atoms with E-state index in [1.54, 1.807) is 6.33 Å². The molecule has 1 aromatic heterocycles. The number of benzene rings is 1. The van der Waals surface area contributed by atoms with Crippen molar-refractivity contribution in [1.82, 2.24) is 15.3 Å². The van der Waals surface area contributed by atoms with Crippen LogP contribution in [0, 0.1) is 0 Å². The van der Waals surface area contributed by atoms with Gasteiger partial charge in [0.1, 0.15) is 12.1 Å². The quantitative estimate of drug-likeness (QED) is 0.870. The number of rotatable bonds is 3. The molecule has 0 unspecified atom stereocenters. The first-order chi connectivity index (χ1) is 9.36. The lowest BCUT2D eigenvalue weighted by Gasteiger charge is -2.18. The van der Waals surface area contributed by atoms with Crippen molar-refractivity contribution in [2.24, 2.45) is 0 Å². The molecule has 0 saturated carbocycles. The van der Waals surface area contributed by atoms with Gasteiger partial charge in [0.2, 0.25) is 5.88 Å². The minimum Gasteiger partial charge on any atom is -0.439 e. The summed E-state index contributed by atoms with van der Waals surface area (Å²) in [6, 6.07) is 7.33. The van der Waals surface area contributed by atoms with Crippen LogP contribution in [0.25, 0.3) is 0 Å². The van der Waals surface area contributed by atoms with E-state index in [2.05, 4.69) is 15.3 Å². The van der Waals surface area contributed by atoms with Gasteiger partial charge in [0.25, 0.3) is 0 Å². The Balaban J connectivity index is 1.86. The summed E-state index contributed by atoms with van der Waals surface area (Å²) in [5, 5.41) is 12.3. The maximum Gasteiger partial charge on any atom is 0.227 e. The van der Waals surface area contributed by atoms with Gasteiger partial charge in [0.05, 0.1) is 17.9 Å². The van der Waals surface area contributed by atoms with E-state index in [1.807, 2.05) is 24.3 Å². The third-order valence-corrected chi connectivity index (χ3v) is 3.16. The molecule has 1 aromatic carbocycles. The molecule has 0 fully saturated rings. The lowest BCUT2D eigenvalue weighted by Crippen LogP contribution is -2.25. The van der Waals surface area contributed by atoms with Gasteiger partial charge in [-0.3, -0.25) is 0 Å². The highest BCUT2D eigenvalue weighted by Gasteiger charge is 2.16. The van der Waals surface area contributed by atoms with Gasteiger partial charge >= 0.3 is 0 Å². The number of aliphatic hydroxyl groups is 1. The first kappa shape index (κ1) is 12.1. The molecule has 0 radical (unpaired) electrons. The summed E-state index contributed by atoms with van der Waals surface area (Å²) >= 11 is 0. The molecular weight excluding hydrogens is 242 g/mol. The lowest BCUT2D eigenvalue weighted by atomic mass is 10.1. The monoisotopic (exact) mass is 257 g/mol. The van der Waals surface area contributed by atoms with Gasteiger partial charge in [-0.1, -0.05) is 12.1 Å². The first-order valence-electron chi connectivity index (χ1n) is 6.28. The van der Waals surface area contributed by atoms with Crippen molar-refractivity contribution in [3.8, 4) is 11.6 Å². The van der Waals surface area contributed by atoms with Crippen LogP contribution < -0.4 is 10.1 Å². The molecule has 0 atom stereocenters. The minimum absolute atomic E-state index is 0.0348. The van der Waals surface area contributed by atoms with Gasteiger partial charge in [-0.25, -0.2) is 9.97 Å². The highest BCUT2D eigenvalue weighted by atomic mass is 16.5. The van der Waals surface area contributed by atoms with E-state index in [4.69, 9.17) is 9.84 Å². The number of aliphatic hydroxyl groups excluding tert-OH is 1. The summed E-state index contributed by atoms with van der Waals surface area (Å²) in [5.74, 6) is 1.32. The Bertz CT molecular complexity index is 569. The van der Waals surface area contributed by atoms with Crippen molar-refractivity contribution in [3.05, 3.63) is 47.4 Å². The molecule has 98 valence electrons. The van der Waals surface area contributed by atoms with Crippen LogP contribution >= 0.6 is 0 Å². The predicted molar refractivity (Wildman–Crippen MR) is 69.9 cm³/mol. The fourth-order valence-electron chi connectivity index (χ4n) is 2.11. The summed E-state index contributed by atoms with van der Waals surface area (Å²) < 4.78 is 5.80. The van der Waals surface area contributed by atoms with Gasteiger partial charge in [-0.05, 0) is 17.7 Å². The number of nitrogens with one attached hydrogen (secondary N) is 1. The predicted octanol–water partition coefficient (Wildman–Crippen LogP) is 1.41. The molecule has 2 heterocycles. The lowest BCUT2D eigenvalue weighted by molar-refractivity contribution is 0.281. The largest absolute Gasteiger partial charge is 0.439 e. The number of fused-ring (bicyclic) bond motifs is 1. The SMILES string of the molecule is OCc1ccc(Oc2ncnc3c2CNCC3)cc1. The molecule has 0 bridgehead atoms. The van der Waals surface area contributed by atoms with E-state index in [-0.39, 0.29) is 6.61 Å². The van der Waals surface area contributed by atoms with Crippen molar-refractivity contribution >= 4 is 0 Å². The van der Waals surface area contributed by atoms with Crippen LogP contribution in [-0.2, 0) is 19.6 Å². The molecule has 2 N–H and O–H groups in total. The van der Waals surface area contributed by atoms with E-state index in [9.17, 15) is 0 Å². The number of hydrogen-bond acceptors (Lipinski definition) is 5. The summed E-state index contributed by atoms with van der Waals surface area (Å²) in [7, 11) is 0. The van der Waals surface area contributed by atoms with Gasteiger partial charge in [0.15, 0.2) is 0 Å². The normalized spacial score (nSPS) is 13.9. The Morgan fingerprint density at radius 1 is 1.21 bits per heavy atom. The zero-order valence-corrected chi connectivity index (χ0v) is 10.5. The third kappa shape index (κ3) is 2.57. The van der Waals surface area contributed by atoms with Crippen molar-refractivity contribution in [3.63, 3.8) is 0 Å². The second-order valence-electron chi connectivity index (χ2n) is 4.43. The van der Waals surface area contributed by atoms with Crippen LogP contribution in [0.5, 0.6) is 11.6 Å². The second-order valence-corrected chi connectivity index (χ2v) is 4.43. The van der Waals surface area contributed by atoms with E-state index in [0.717, 1.165) is 36.3 Å². The molecular formula is C14H15N3O2. The molecule has 0 aliphatic carbocycles.